The van der Waals surface area contributed by atoms with E-state index in [1.54, 1.807) is 12.3 Å². The van der Waals surface area contributed by atoms with E-state index in [0.29, 0.717) is 24.8 Å². The van der Waals surface area contributed by atoms with Crippen molar-refractivity contribution in [3.05, 3.63) is 46.7 Å². The van der Waals surface area contributed by atoms with Crippen LogP contribution in [-0.4, -0.2) is 30.3 Å². The maximum Gasteiger partial charge on any atom is 0.321 e. The van der Waals surface area contributed by atoms with E-state index in [1.807, 2.05) is 6.07 Å². The third-order valence-electron chi connectivity index (χ3n) is 3.60. The monoisotopic (exact) mass is 335 g/mol. The standard InChI is InChI=1S/C16H18FN3O2S/c17-12-3-1-2-11(8-12)9-14-10-18-16(23-14)20-15(21)19-13-4-6-22-7-5-13/h1-3,8,10,13H,4-7,9H2,(H2,18,19,20,21). The van der Waals surface area contributed by atoms with Crippen molar-refractivity contribution >= 4 is 22.5 Å². The van der Waals surface area contributed by atoms with Crippen molar-refractivity contribution in [1.29, 1.82) is 0 Å². The van der Waals surface area contributed by atoms with Crippen molar-refractivity contribution in [2.24, 2.45) is 0 Å². The van der Waals surface area contributed by atoms with Crippen LogP contribution in [0.3, 0.4) is 0 Å². The number of benzene rings is 1. The molecular weight excluding hydrogens is 317 g/mol. The first-order valence-electron chi connectivity index (χ1n) is 7.53. The second-order valence-corrected chi connectivity index (χ2v) is 6.54. The largest absolute Gasteiger partial charge is 0.381 e. The van der Waals surface area contributed by atoms with Gasteiger partial charge < -0.3 is 10.1 Å². The average molecular weight is 335 g/mol. The van der Waals surface area contributed by atoms with Crippen LogP contribution in [-0.2, 0) is 11.2 Å². The molecule has 1 aromatic carbocycles. The molecule has 0 spiro atoms. The SMILES string of the molecule is O=C(Nc1ncc(Cc2cccc(F)c2)s1)NC1CCOCC1. The van der Waals surface area contributed by atoms with Crippen molar-refractivity contribution in [2.45, 2.75) is 25.3 Å². The predicted octanol–water partition coefficient (Wildman–Crippen LogP) is 3.17. The molecule has 0 radical (unpaired) electrons. The third kappa shape index (κ3) is 4.74. The number of nitrogens with one attached hydrogen (secondary N) is 2. The molecule has 2 amide bonds. The van der Waals surface area contributed by atoms with Crippen LogP contribution in [0.4, 0.5) is 14.3 Å². The third-order valence-corrected chi connectivity index (χ3v) is 4.51. The lowest BCUT2D eigenvalue weighted by atomic mass is 10.1. The van der Waals surface area contributed by atoms with Crippen molar-refractivity contribution in [2.75, 3.05) is 18.5 Å². The topological polar surface area (TPSA) is 63.2 Å². The number of hydrogen-bond donors (Lipinski definition) is 2. The van der Waals surface area contributed by atoms with Gasteiger partial charge >= 0.3 is 6.03 Å². The lowest BCUT2D eigenvalue weighted by Crippen LogP contribution is -2.41. The van der Waals surface area contributed by atoms with E-state index in [2.05, 4.69) is 15.6 Å². The van der Waals surface area contributed by atoms with Gasteiger partial charge in [-0.15, -0.1) is 11.3 Å². The zero-order valence-electron chi connectivity index (χ0n) is 12.5. The second-order valence-electron chi connectivity index (χ2n) is 5.42. The minimum atomic E-state index is -0.249. The number of carbonyl (C=O) groups is 1. The number of nitrogens with zero attached hydrogens (tertiary/aromatic N) is 1. The Hall–Kier alpha value is -1.99. The normalized spacial score (nSPS) is 15.3. The summed E-state index contributed by atoms with van der Waals surface area (Å²) < 4.78 is 18.4. The van der Waals surface area contributed by atoms with Gasteiger partial charge in [0.05, 0.1) is 0 Å². The average Bonchev–Trinajstić information content (AvgIpc) is 2.95. The number of halogens is 1. The molecule has 2 heterocycles. The summed E-state index contributed by atoms with van der Waals surface area (Å²) in [6, 6.07) is 6.38. The Kier molecular flexibility index (Phi) is 5.19. The number of anilines is 1. The number of amides is 2. The summed E-state index contributed by atoms with van der Waals surface area (Å²) >= 11 is 1.39. The first-order chi connectivity index (χ1) is 11.2. The minimum Gasteiger partial charge on any atom is -0.381 e. The molecule has 23 heavy (non-hydrogen) atoms. The van der Waals surface area contributed by atoms with E-state index in [1.165, 1.54) is 23.5 Å². The summed E-state index contributed by atoms with van der Waals surface area (Å²) in [5, 5.41) is 6.21. The van der Waals surface area contributed by atoms with Gasteiger partial charge in [-0.1, -0.05) is 12.1 Å². The number of rotatable bonds is 4. The van der Waals surface area contributed by atoms with Crippen LogP contribution in [0, 0.1) is 5.82 Å². The van der Waals surface area contributed by atoms with Gasteiger partial charge in [-0.2, -0.15) is 0 Å². The summed E-state index contributed by atoms with van der Waals surface area (Å²) in [7, 11) is 0. The van der Waals surface area contributed by atoms with Gasteiger partial charge in [-0.3, -0.25) is 5.32 Å². The molecule has 1 fully saturated rings. The second kappa shape index (κ2) is 7.52. The van der Waals surface area contributed by atoms with Crippen molar-refractivity contribution in [1.82, 2.24) is 10.3 Å². The van der Waals surface area contributed by atoms with Crippen LogP contribution >= 0.6 is 11.3 Å². The Labute approximate surface area is 137 Å². The van der Waals surface area contributed by atoms with E-state index in [-0.39, 0.29) is 17.9 Å². The van der Waals surface area contributed by atoms with E-state index in [0.717, 1.165) is 23.3 Å². The van der Waals surface area contributed by atoms with E-state index in [4.69, 9.17) is 4.74 Å². The molecule has 0 atom stereocenters. The zero-order chi connectivity index (χ0) is 16.1. The summed E-state index contributed by atoms with van der Waals surface area (Å²) in [6.45, 7) is 1.36. The summed E-state index contributed by atoms with van der Waals surface area (Å²) in [5.74, 6) is -0.249. The highest BCUT2D eigenvalue weighted by Crippen LogP contribution is 2.21. The lowest BCUT2D eigenvalue weighted by Gasteiger charge is -2.22. The number of urea groups is 1. The zero-order valence-corrected chi connectivity index (χ0v) is 13.4. The molecule has 0 unspecified atom stereocenters. The number of thiazole rings is 1. The molecule has 0 aliphatic carbocycles. The smallest absolute Gasteiger partial charge is 0.321 e. The molecule has 1 aliphatic heterocycles. The maximum atomic E-state index is 13.2. The number of hydrogen-bond acceptors (Lipinski definition) is 4. The summed E-state index contributed by atoms with van der Waals surface area (Å²) in [4.78, 5) is 17.1. The van der Waals surface area contributed by atoms with Crippen LogP contribution in [0.5, 0.6) is 0 Å². The molecule has 5 nitrogen and oxygen atoms in total. The minimum absolute atomic E-state index is 0.149. The van der Waals surface area contributed by atoms with Crippen molar-refractivity contribution < 1.29 is 13.9 Å². The first kappa shape index (κ1) is 15.9. The molecule has 1 saturated heterocycles. The van der Waals surface area contributed by atoms with Crippen molar-refractivity contribution in [3.8, 4) is 0 Å². The molecular formula is C16H18FN3O2S. The Morgan fingerprint density at radius 3 is 3.00 bits per heavy atom. The number of ether oxygens (including phenoxy) is 1. The van der Waals surface area contributed by atoms with E-state index >= 15 is 0 Å². The van der Waals surface area contributed by atoms with Crippen LogP contribution in [0.1, 0.15) is 23.3 Å². The Balaban J connectivity index is 1.53. The fraction of sp³-hybridized carbons (Fsp3) is 0.375. The number of carbonyl (C=O) groups excluding carboxylic acids is 1. The molecule has 7 heteroatoms. The molecule has 0 saturated carbocycles. The van der Waals surface area contributed by atoms with E-state index < -0.39 is 0 Å². The van der Waals surface area contributed by atoms with Crippen LogP contribution in [0.25, 0.3) is 0 Å². The molecule has 3 rings (SSSR count). The summed E-state index contributed by atoms with van der Waals surface area (Å²) in [6.07, 6.45) is 3.96. The Bertz CT molecular complexity index is 671. The Morgan fingerprint density at radius 2 is 2.22 bits per heavy atom. The number of aromatic nitrogens is 1. The molecule has 122 valence electrons. The van der Waals surface area contributed by atoms with Gasteiger partial charge in [0.25, 0.3) is 0 Å². The van der Waals surface area contributed by atoms with Crippen LogP contribution in [0.2, 0.25) is 0 Å². The van der Waals surface area contributed by atoms with Crippen LogP contribution in [0.15, 0.2) is 30.5 Å². The van der Waals surface area contributed by atoms with Gasteiger partial charge in [0, 0.05) is 36.8 Å². The van der Waals surface area contributed by atoms with Gasteiger partial charge in [0.2, 0.25) is 0 Å². The Morgan fingerprint density at radius 1 is 1.39 bits per heavy atom. The van der Waals surface area contributed by atoms with E-state index in [9.17, 15) is 9.18 Å². The molecule has 2 N–H and O–H groups in total. The van der Waals surface area contributed by atoms with Gasteiger partial charge in [-0.25, -0.2) is 14.2 Å². The highest BCUT2D eigenvalue weighted by atomic mass is 32.1. The summed E-state index contributed by atoms with van der Waals surface area (Å²) in [5.41, 5.74) is 0.881. The highest BCUT2D eigenvalue weighted by Gasteiger charge is 2.16. The molecule has 2 aromatic rings. The predicted molar refractivity (Wildman–Crippen MR) is 87.3 cm³/mol. The fourth-order valence-electron chi connectivity index (χ4n) is 2.46. The quantitative estimate of drug-likeness (QED) is 0.902. The molecule has 1 aromatic heterocycles. The highest BCUT2D eigenvalue weighted by molar-refractivity contribution is 7.15. The molecule has 1 aliphatic rings. The molecule has 0 bridgehead atoms. The van der Waals surface area contributed by atoms with Crippen LogP contribution < -0.4 is 10.6 Å². The van der Waals surface area contributed by atoms with Crippen molar-refractivity contribution in [3.63, 3.8) is 0 Å². The first-order valence-corrected chi connectivity index (χ1v) is 8.35. The lowest BCUT2D eigenvalue weighted by molar-refractivity contribution is 0.0806. The fourth-order valence-corrected chi connectivity index (χ4v) is 3.30. The maximum absolute atomic E-state index is 13.2. The van der Waals surface area contributed by atoms with Gasteiger partial charge in [-0.05, 0) is 30.5 Å². The van der Waals surface area contributed by atoms with Gasteiger partial charge in [0.1, 0.15) is 5.82 Å². The van der Waals surface area contributed by atoms with Gasteiger partial charge in [0.15, 0.2) is 5.13 Å².